The predicted octanol–water partition coefficient (Wildman–Crippen LogP) is 2.51. The van der Waals surface area contributed by atoms with E-state index in [1.54, 1.807) is 49.4 Å². The Kier molecular flexibility index (Phi) is 4.90. The number of nitrogens with one attached hydrogen (secondary N) is 1. The average molecular weight is 363 g/mol. The summed E-state index contributed by atoms with van der Waals surface area (Å²) in [6.45, 7) is 2.79. The molecule has 136 valence electrons. The number of carbonyl (C=O) groups excluding carboxylic acids is 3. The van der Waals surface area contributed by atoms with Crippen LogP contribution in [0.5, 0.6) is 5.75 Å². The normalized spacial score (nSPS) is 15.4. The van der Waals surface area contributed by atoms with E-state index in [1.165, 1.54) is 11.8 Å². The van der Waals surface area contributed by atoms with Gasteiger partial charge in [0.2, 0.25) is 5.91 Å². The molecular formula is C20H17N3O4. The summed E-state index contributed by atoms with van der Waals surface area (Å²) in [5.74, 6) is -0.510. The maximum Gasteiger partial charge on any atom is 0.268 e. The molecule has 1 aliphatic rings. The lowest BCUT2D eigenvalue weighted by atomic mass is 10.1. The average Bonchev–Trinajstić information content (AvgIpc) is 2.65. The summed E-state index contributed by atoms with van der Waals surface area (Å²) >= 11 is 0. The summed E-state index contributed by atoms with van der Waals surface area (Å²) in [7, 11) is 0. The molecule has 0 aromatic heterocycles. The fourth-order valence-electron chi connectivity index (χ4n) is 2.80. The number of nitrogens with zero attached hydrogens (tertiary/aromatic N) is 2. The number of hydrogen-bond donors (Lipinski definition) is 1. The number of rotatable bonds is 4. The Morgan fingerprint density at radius 2 is 2.04 bits per heavy atom. The van der Waals surface area contributed by atoms with Crippen LogP contribution in [-0.2, 0) is 9.59 Å². The number of carbonyl (C=O) groups is 3. The van der Waals surface area contributed by atoms with Gasteiger partial charge in [-0.1, -0.05) is 6.07 Å². The first kappa shape index (κ1) is 18.1. The molecule has 0 bridgehead atoms. The van der Waals surface area contributed by atoms with Crippen molar-refractivity contribution in [2.24, 2.45) is 0 Å². The molecule has 7 heteroatoms. The molecule has 1 atom stereocenters. The second-order valence-electron chi connectivity index (χ2n) is 6.16. The number of ketones is 1. The van der Waals surface area contributed by atoms with Crippen molar-refractivity contribution in [1.29, 1.82) is 5.26 Å². The van der Waals surface area contributed by atoms with Crippen LogP contribution in [0.4, 0.5) is 11.4 Å². The lowest BCUT2D eigenvalue weighted by Gasteiger charge is -2.32. The quantitative estimate of drug-likeness (QED) is 0.842. The third-order valence-electron chi connectivity index (χ3n) is 4.15. The zero-order valence-electron chi connectivity index (χ0n) is 14.9. The van der Waals surface area contributed by atoms with Gasteiger partial charge in [-0.2, -0.15) is 5.26 Å². The molecule has 27 heavy (non-hydrogen) atoms. The standard InChI is InChI=1S/C20H17N3O4/c1-12(24)15-6-7-18-17(9-15)23(20(26)13(2)27-18)11-19(25)22-16-5-3-4-14(8-16)10-21/h3-9,13H,11H2,1-2H3,(H,22,25). The van der Waals surface area contributed by atoms with E-state index in [9.17, 15) is 14.4 Å². The number of ether oxygens (including phenoxy) is 1. The Hall–Kier alpha value is -3.66. The van der Waals surface area contributed by atoms with Crippen molar-refractivity contribution in [3.8, 4) is 11.8 Å². The first-order valence-electron chi connectivity index (χ1n) is 8.32. The van der Waals surface area contributed by atoms with Gasteiger partial charge in [-0.25, -0.2) is 0 Å². The molecule has 2 amide bonds. The summed E-state index contributed by atoms with van der Waals surface area (Å²) in [5.41, 5.74) is 1.68. The number of fused-ring (bicyclic) bond motifs is 1. The van der Waals surface area contributed by atoms with Crippen molar-refractivity contribution in [3.63, 3.8) is 0 Å². The summed E-state index contributed by atoms with van der Waals surface area (Å²) in [6.07, 6.45) is -0.740. The zero-order chi connectivity index (χ0) is 19.6. The molecule has 3 rings (SSSR count). The maximum atomic E-state index is 12.6. The Balaban J connectivity index is 1.86. The van der Waals surface area contributed by atoms with Crippen LogP contribution in [-0.4, -0.2) is 30.2 Å². The molecule has 0 spiro atoms. The van der Waals surface area contributed by atoms with Crippen LogP contribution in [0.15, 0.2) is 42.5 Å². The SMILES string of the molecule is CC(=O)c1ccc2c(c1)N(CC(=O)Nc1cccc(C#N)c1)C(=O)C(C)O2. The van der Waals surface area contributed by atoms with Crippen molar-refractivity contribution in [2.45, 2.75) is 20.0 Å². The molecule has 2 aromatic rings. The van der Waals surface area contributed by atoms with Gasteiger partial charge in [0.15, 0.2) is 11.9 Å². The third kappa shape index (κ3) is 3.80. The Bertz CT molecular complexity index is 977. The molecule has 1 aliphatic heterocycles. The van der Waals surface area contributed by atoms with Crippen LogP contribution in [0.2, 0.25) is 0 Å². The largest absolute Gasteiger partial charge is 0.479 e. The first-order chi connectivity index (χ1) is 12.9. The van der Waals surface area contributed by atoms with E-state index in [1.807, 2.05) is 6.07 Å². The van der Waals surface area contributed by atoms with E-state index in [-0.39, 0.29) is 18.2 Å². The van der Waals surface area contributed by atoms with E-state index >= 15 is 0 Å². The highest BCUT2D eigenvalue weighted by Crippen LogP contribution is 2.35. The highest BCUT2D eigenvalue weighted by Gasteiger charge is 2.33. The fraction of sp³-hybridized carbons (Fsp3) is 0.200. The van der Waals surface area contributed by atoms with Gasteiger partial charge in [0.25, 0.3) is 5.91 Å². The van der Waals surface area contributed by atoms with Crippen LogP contribution in [0.25, 0.3) is 0 Å². The van der Waals surface area contributed by atoms with E-state index in [0.29, 0.717) is 28.3 Å². The van der Waals surface area contributed by atoms with E-state index in [0.717, 1.165) is 0 Å². The van der Waals surface area contributed by atoms with Gasteiger partial charge in [-0.3, -0.25) is 19.3 Å². The Morgan fingerprint density at radius 1 is 1.26 bits per heavy atom. The molecule has 0 radical (unpaired) electrons. The second-order valence-corrected chi connectivity index (χ2v) is 6.16. The minimum absolute atomic E-state index is 0.151. The summed E-state index contributed by atoms with van der Waals surface area (Å²) in [4.78, 5) is 38.0. The molecule has 0 saturated carbocycles. The number of benzene rings is 2. The topological polar surface area (TPSA) is 99.5 Å². The molecule has 0 aliphatic carbocycles. The lowest BCUT2D eigenvalue weighted by molar-refractivity contribution is -0.127. The van der Waals surface area contributed by atoms with Gasteiger partial charge in [0.1, 0.15) is 12.3 Å². The van der Waals surface area contributed by atoms with Crippen molar-refractivity contribution >= 4 is 29.0 Å². The lowest BCUT2D eigenvalue weighted by Crippen LogP contribution is -2.47. The number of nitriles is 1. The van der Waals surface area contributed by atoms with Crippen LogP contribution in [0, 0.1) is 11.3 Å². The molecular weight excluding hydrogens is 346 g/mol. The number of hydrogen-bond acceptors (Lipinski definition) is 5. The van der Waals surface area contributed by atoms with Crippen LogP contribution in [0.3, 0.4) is 0 Å². The van der Waals surface area contributed by atoms with E-state index in [2.05, 4.69) is 5.32 Å². The minimum Gasteiger partial charge on any atom is -0.479 e. The molecule has 0 fully saturated rings. The van der Waals surface area contributed by atoms with Gasteiger partial charge in [-0.05, 0) is 50.2 Å². The van der Waals surface area contributed by atoms with E-state index < -0.39 is 12.0 Å². The van der Waals surface area contributed by atoms with Gasteiger partial charge in [-0.15, -0.1) is 0 Å². The molecule has 1 heterocycles. The first-order valence-corrected chi connectivity index (χ1v) is 8.32. The van der Waals surface area contributed by atoms with Crippen molar-refractivity contribution < 1.29 is 19.1 Å². The van der Waals surface area contributed by atoms with E-state index in [4.69, 9.17) is 10.00 Å². The fourth-order valence-corrected chi connectivity index (χ4v) is 2.80. The summed E-state index contributed by atoms with van der Waals surface area (Å²) in [6, 6.07) is 13.3. The molecule has 7 nitrogen and oxygen atoms in total. The Morgan fingerprint density at radius 3 is 2.74 bits per heavy atom. The van der Waals surface area contributed by atoms with Gasteiger partial charge in [0, 0.05) is 11.3 Å². The van der Waals surface area contributed by atoms with Crippen molar-refractivity contribution in [1.82, 2.24) is 0 Å². The summed E-state index contributed by atoms with van der Waals surface area (Å²) in [5, 5.41) is 11.6. The second kappa shape index (κ2) is 7.30. The minimum atomic E-state index is -0.740. The van der Waals surface area contributed by atoms with Crippen LogP contribution < -0.4 is 15.0 Å². The number of Topliss-reactive ketones (excluding diaryl/α,β-unsaturated/α-hetero) is 1. The predicted molar refractivity (Wildman–Crippen MR) is 98.7 cm³/mol. The molecule has 1 unspecified atom stereocenters. The molecule has 1 N–H and O–H groups in total. The Labute approximate surface area is 156 Å². The number of anilines is 2. The van der Waals surface area contributed by atoms with Gasteiger partial charge >= 0.3 is 0 Å². The molecule has 0 saturated heterocycles. The van der Waals surface area contributed by atoms with Crippen molar-refractivity contribution in [2.75, 3.05) is 16.8 Å². The zero-order valence-corrected chi connectivity index (χ0v) is 14.9. The smallest absolute Gasteiger partial charge is 0.268 e. The van der Waals surface area contributed by atoms with Gasteiger partial charge < -0.3 is 10.1 Å². The highest BCUT2D eigenvalue weighted by atomic mass is 16.5. The monoisotopic (exact) mass is 363 g/mol. The summed E-state index contributed by atoms with van der Waals surface area (Å²) < 4.78 is 5.57. The van der Waals surface area contributed by atoms with Gasteiger partial charge in [0.05, 0.1) is 17.3 Å². The van der Waals surface area contributed by atoms with Crippen molar-refractivity contribution in [3.05, 3.63) is 53.6 Å². The highest BCUT2D eigenvalue weighted by molar-refractivity contribution is 6.07. The number of amides is 2. The molecule has 2 aromatic carbocycles. The van der Waals surface area contributed by atoms with Crippen LogP contribution >= 0.6 is 0 Å². The maximum absolute atomic E-state index is 12.6. The van der Waals surface area contributed by atoms with Crippen LogP contribution in [0.1, 0.15) is 29.8 Å². The third-order valence-corrected chi connectivity index (χ3v) is 4.15.